The lowest BCUT2D eigenvalue weighted by molar-refractivity contribution is 0.0629. The van der Waals surface area contributed by atoms with Gasteiger partial charge in [-0.1, -0.05) is 13.8 Å². The molecule has 24 heavy (non-hydrogen) atoms. The second-order valence-electron chi connectivity index (χ2n) is 8.70. The smallest absolute Gasteiger partial charge is 0.0654 e. The second kappa shape index (κ2) is 6.86. The Hall–Kier alpha value is -0.160. The molecule has 0 aliphatic carbocycles. The fourth-order valence-electron chi connectivity index (χ4n) is 6.31. The number of hydrogen-bond acceptors (Lipinski definition) is 4. The maximum Gasteiger partial charge on any atom is 0.0654 e. The van der Waals surface area contributed by atoms with E-state index in [1.54, 1.807) is 0 Å². The molecule has 2 spiro atoms. The van der Waals surface area contributed by atoms with Crippen molar-refractivity contribution in [3.8, 4) is 0 Å². The van der Waals surface area contributed by atoms with Crippen LogP contribution in [0.15, 0.2) is 0 Å². The highest BCUT2D eigenvalue weighted by Crippen LogP contribution is 2.44. The average Bonchev–Trinajstić information content (AvgIpc) is 3.36. The molecule has 0 radical (unpaired) electrons. The van der Waals surface area contributed by atoms with Crippen molar-refractivity contribution in [2.24, 2.45) is 11.8 Å². The van der Waals surface area contributed by atoms with Crippen LogP contribution in [0.3, 0.4) is 0 Å². The highest BCUT2D eigenvalue weighted by molar-refractivity contribution is 5.05. The van der Waals surface area contributed by atoms with Crippen LogP contribution in [0.25, 0.3) is 0 Å². The standard InChI is InChI=1S/C20H36N2O2/c1-3-21-12-7-18(20(21)9-14-24-16-20)5-4-10-22-11-6-17(2)19(22)8-13-23-15-19/h17-18H,3-16H2,1-2H3/t17-,18+,19+,20-/m1/s1. The zero-order chi connectivity index (χ0) is 16.6. The summed E-state index contributed by atoms with van der Waals surface area (Å²) in [4.78, 5) is 5.50. The van der Waals surface area contributed by atoms with E-state index in [1.807, 2.05) is 0 Å². The maximum absolute atomic E-state index is 5.85. The molecule has 4 rings (SSSR count). The molecule has 4 atom stereocenters. The molecular formula is C20H36N2O2. The Bertz CT molecular complexity index is 429. The molecule has 4 heterocycles. The normalized spacial score (nSPS) is 43.8. The van der Waals surface area contributed by atoms with E-state index in [0.717, 1.165) is 38.3 Å². The van der Waals surface area contributed by atoms with Crippen molar-refractivity contribution in [3.05, 3.63) is 0 Å². The molecule has 0 aromatic rings. The van der Waals surface area contributed by atoms with Gasteiger partial charge in [-0.2, -0.15) is 0 Å². The molecular weight excluding hydrogens is 300 g/mol. The predicted molar refractivity (Wildman–Crippen MR) is 96.3 cm³/mol. The highest BCUT2D eigenvalue weighted by Gasteiger charge is 2.51. The molecule has 4 nitrogen and oxygen atoms in total. The van der Waals surface area contributed by atoms with E-state index >= 15 is 0 Å². The minimum absolute atomic E-state index is 0.374. The minimum Gasteiger partial charge on any atom is -0.379 e. The first-order valence-corrected chi connectivity index (χ1v) is 10.4. The fourth-order valence-corrected chi connectivity index (χ4v) is 6.31. The predicted octanol–water partition coefficient (Wildman–Crippen LogP) is 2.77. The molecule has 0 unspecified atom stereocenters. The van der Waals surface area contributed by atoms with Crippen LogP contribution >= 0.6 is 0 Å². The van der Waals surface area contributed by atoms with E-state index in [9.17, 15) is 0 Å². The molecule has 0 aromatic carbocycles. The molecule has 138 valence electrons. The summed E-state index contributed by atoms with van der Waals surface area (Å²) in [5, 5.41) is 0. The van der Waals surface area contributed by atoms with E-state index in [0.29, 0.717) is 11.1 Å². The van der Waals surface area contributed by atoms with Gasteiger partial charge in [0.15, 0.2) is 0 Å². The third-order valence-electron chi connectivity index (χ3n) is 7.94. The molecule has 4 aliphatic heterocycles. The molecule has 4 saturated heterocycles. The summed E-state index contributed by atoms with van der Waals surface area (Å²) in [6.45, 7) is 13.7. The van der Waals surface area contributed by atoms with Crippen molar-refractivity contribution in [3.63, 3.8) is 0 Å². The lowest BCUT2D eigenvalue weighted by atomic mass is 9.80. The first-order chi connectivity index (χ1) is 11.7. The van der Waals surface area contributed by atoms with E-state index in [1.165, 1.54) is 64.7 Å². The van der Waals surface area contributed by atoms with Crippen LogP contribution in [-0.2, 0) is 9.47 Å². The fraction of sp³-hybridized carbons (Fsp3) is 1.00. The van der Waals surface area contributed by atoms with E-state index < -0.39 is 0 Å². The zero-order valence-electron chi connectivity index (χ0n) is 15.8. The summed E-state index contributed by atoms with van der Waals surface area (Å²) >= 11 is 0. The summed E-state index contributed by atoms with van der Waals surface area (Å²) in [7, 11) is 0. The third-order valence-corrected chi connectivity index (χ3v) is 7.94. The summed E-state index contributed by atoms with van der Waals surface area (Å²) in [6, 6.07) is 0. The molecule has 0 saturated carbocycles. The largest absolute Gasteiger partial charge is 0.379 e. The number of ether oxygens (including phenoxy) is 2. The number of nitrogens with zero attached hydrogens (tertiary/aromatic N) is 2. The highest BCUT2D eigenvalue weighted by atomic mass is 16.5. The van der Waals surface area contributed by atoms with Crippen molar-refractivity contribution in [2.45, 2.75) is 63.5 Å². The number of likely N-dealkylation sites (N-methyl/N-ethyl adjacent to an activating group) is 1. The summed E-state index contributed by atoms with van der Waals surface area (Å²) in [6.07, 6.45) is 7.96. The van der Waals surface area contributed by atoms with Gasteiger partial charge in [0, 0.05) is 24.3 Å². The molecule has 0 aromatic heterocycles. The molecule has 0 amide bonds. The zero-order valence-corrected chi connectivity index (χ0v) is 15.8. The topological polar surface area (TPSA) is 24.9 Å². The van der Waals surface area contributed by atoms with Gasteiger partial charge in [0.05, 0.1) is 13.2 Å². The van der Waals surface area contributed by atoms with Gasteiger partial charge in [0.1, 0.15) is 0 Å². The van der Waals surface area contributed by atoms with Gasteiger partial charge in [-0.25, -0.2) is 0 Å². The maximum atomic E-state index is 5.85. The third kappa shape index (κ3) is 2.65. The van der Waals surface area contributed by atoms with Gasteiger partial charge in [-0.05, 0) is 76.5 Å². The summed E-state index contributed by atoms with van der Waals surface area (Å²) < 4.78 is 11.6. The van der Waals surface area contributed by atoms with Gasteiger partial charge in [-0.3, -0.25) is 9.80 Å². The van der Waals surface area contributed by atoms with Crippen LogP contribution in [0.2, 0.25) is 0 Å². The second-order valence-corrected chi connectivity index (χ2v) is 8.70. The van der Waals surface area contributed by atoms with Crippen LogP contribution in [0.1, 0.15) is 52.4 Å². The minimum atomic E-state index is 0.374. The first-order valence-electron chi connectivity index (χ1n) is 10.4. The van der Waals surface area contributed by atoms with Crippen LogP contribution < -0.4 is 0 Å². The molecule has 4 aliphatic rings. The molecule has 0 N–H and O–H groups in total. The van der Waals surface area contributed by atoms with Crippen LogP contribution in [0.5, 0.6) is 0 Å². The van der Waals surface area contributed by atoms with Crippen LogP contribution in [0, 0.1) is 11.8 Å². The number of likely N-dealkylation sites (tertiary alicyclic amines) is 2. The number of hydrogen-bond donors (Lipinski definition) is 0. The Morgan fingerprint density at radius 3 is 2.33 bits per heavy atom. The van der Waals surface area contributed by atoms with E-state index in [4.69, 9.17) is 9.47 Å². The lowest BCUT2D eigenvalue weighted by Gasteiger charge is -2.39. The average molecular weight is 337 g/mol. The van der Waals surface area contributed by atoms with Gasteiger partial charge in [0.25, 0.3) is 0 Å². The summed E-state index contributed by atoms with van der Waals surface area (Å²) in [5.74, 6) is 1.65. The van der Waals surface area contributed by atoms with Crippen molar-refractivity contribution in [1.29, 1.82) is 0 Å². The molecule has 4 heteroatoms. The van der Waals surface area contributed by atoms with E-state index in [2.05, 4.69) is 23.6 Å². The Labute approximate surface area is 147 Å². The SMILES string of the molecule is CCN1CC[C@H](CCCN2CC[C@@H](C)[C@@]23CCOC3)[C@]12CCOC2. The van der Waals surface area contributed by atoms with Crippen molar-refractivity contribution >= 4 is 0 Å². The Morgan fingerprint density at radius 1 is 0.958 bits per heavy atom. The van der Waals surface area contributed by atoms with Gasteiger partial charge >= 0.3 is 0 Å². The van der Waals surface area contributed by atoms with Crippen LogP contribution in [-0.4, -0.2) is 73.5 Å². The Morgan fingerprint density at radius 2 is 1.67 bits per heavy atom. The van der Waals surface area contributed by atoms with Crippen molar-refractivity contribution in [2.75, 3.05) is 52.6 Å². The molecule has 4 fully saturated rings. The lowest BCUT2D eigenvalue weighted by Crippen LogP contribution is -2.49. The van der Waals surface area contributed by atoms with Gasteiger partial charge < -0.3 is 9.47 Å². The van der Waals surface area contributed by atoms with Crippen LogP contribution in [0.4, 0.5) is 0 Å². The van der Waals surface area contributed by atoms with Gasteiger partial charge in [-0.15, -0.1) is 0 Å². The Balaban J connectivity index is 1.34. The molecule has 0 bridgehead atoms. The summed E-state index contributed by atoms with van der Waals surface area (Å²) in [5.41, 5.74) is 0.750. The monoisotopic (exact) mass is 336 g/mol. The van der Waals surface area contributed by atoms with Crippen molar-refractivity contribution in [1.82, 2.24) is 9.80 Å². The van der Waals surface area contributed by atoms with E-state index in [-0.39, 0.29) is 0 Å². The van der Waals surface area contributed by atoms with Gasteiger partial charge in [0.2, 0.25) is 0 Å². The Kier molecular flexibility index (Phi) is 4.94. The van der Waals surface area contributed by atoms with Crippen molar-refractivity contribution < 1.29 is 9.47 Å². The quantitative estimate of drug-likeness (QED) is 0.771. The first kappa shape index (κ1) is 17.3. The number of rotatable bonds is 5.